The Bertz CT molecular complexity index is 551. The van der Waals surface area contributed by atoms with Crippen LogP contribution in [0, 0.1) is 5.92 Å². The number of ether oxygens (including phenoxy) is 3. The van der Waals surface area contributed by atoms with Crippen LogP contribution in [0.15, 0.2) is 29.3 Å². The predicted octanol–water partition coefficient (Wildman–Crippen LogP) is 2.54. The second kappa shape index (κ2) is 11.8. The van der Waals surface area contributed by atoms with E-state index in [0.717, 1.165) is 49.9 Å². The highest BCUT2D eigenvalue weighted by Gasteiger charge is 2.24. The minimum absolute atomic E-state index is 0.553. The van der Waals surface area contributed by atoms with Crippen LogP contribution in [0.25, 0.3) is 0 Å². The number of nitrogens with zero attached hydrogens (tertiary/aromatic N) is 2. The van der Waals surface area contributed by atoms with Crippen molar-refractivity contribution in [3.8, 4) is 5.75 Å². The molecule has 1 heterocycles. The Labute approximate surface area is 157 Å². The fraction of sp³-hybridized carbons (Fsp3) is 0.650. The molecule has 1 atom stereocenters. The van der Waals surface area contributed by atoms with Crippen molar-refractivity contribution in [3.63, 3.8) is 0 Å². The quantitative estimate of drug-likeness (QED) is 0.393. The van der Waals surface area contributed by atoms with E-state index >= 15 is 0 Å². The predicted molar refractivity (Wildman–Crippen MR) is 105 cm³/mol. The van der Waals surface area contributed by atoms with Crippen molar-refractivity contribution in [1.82, 2.24) is 10.2 Å². The van der Waals surface area contributed by atoms with Gasteiger partial charge in [0.2, 0.25) is 0 Å². The first-order valence-electron chi connectivity index (χ1n) is 9.58. The van der Waals surface area contributed by atoms with E-state index in [4.69, 9.17) is 19.2 Å². The number of hydrogen-bond acceptors (Lipinski definition) is 4. The van der Waals surface area contributed by atoms with Crippen LogP contribution in [-0.2, 0) is 16.0 Å². The molecule has 2 rings (SSSR count). The lowest BCUT2D eigenvalue weighted by atomic mass is 10.1. The molecule has 1 aliphatic rings. The molecule has 0 spiro atoms. The van der Waals surface area contributed by atoms with Gasteiger partial charge in [0, 0.05) is 32.7 Å². The molecule has 1 aliphatic heterocycles. The summed E-state index contributed by atoms with van der Waals surface area (Å²) in [6.45, 7) is 10.4. The summed E-state index contributed by atoms with van der Waals surface area (Å²) in [6.07, 6.45) is 1.14. The summed E-state index contributed by atoms with van der Waals surface area (Å²) in [6, 6.07) is 8.15. The Morgan fingerprint density at radius 3 is 2.96 bits per heavy atom. The van der Waals surface area contributed by atoms with E-state index in [9.17, 15) is 0 Å². The highest BCUT2D eigenvalue weighted by molar-refractivity contribution is 5.80. The second-order valence-corrected chi connectivity index (χ2v) is 6.42. The van der Waals surface area contributed by atoms with Gasteiger partial charge in [-0.3, -0.25) is 0 Å². The van der Waals surface area contributed by atoms with Crippen molar-refractivity contribution in [2.75, 3.05) is 53.2 Å². The van der Waals surface area contributed by atoms with Gasteiger partial charge in [0.25, 0.3) is 0 Å². The van der Waals surface area contributed by atoms with E-state index < -0.39 is 0 Å². The molecule has 26 heavy (non-hydrogen) atoms. The lowest BCUT2D eigenvalue weighted by Crippen LogP contribution is -2.40. The zero-order valence-electron chi connectivity index (χ0n) is 16.4. The lowest BCUT2D eigenvalue weighted by Gasteiger charge is -2.21. The average molecular weight is 364 g/mol. The molecule has 0 aliphatic carbocycles. The van der Waals surface area contributed by atoms with Gasteiger partial charge in [0.15, 0.2) is 5.96 Å². The molecular weight excluding hydrogens is 330 g/mol. The zero-order chi connectivity index (χ0) is 18.6. The van der Waals surface area contributed by atoms with E-state index in [1.54, 1.807) is 7.11 Å². The number of rotatable bonds is 10. The van der Waals surface area contributed by atoms with Crippen LogP contribution in [0.4, 0.5) is 0 Å². The molecule has 1 unspecified atom stereocenters. The van der Waals surface area contributed by atoms with Gasteiger partial charge in [-0.05, 0) is 38.0 Å². The molecule has 0 amide bonds. The van der Waals surface area contributed by atoms with Crippen LogP contribution in [0.1, 0.15) is 25.8 Å². The number of guanidine groups is 1. The first-order valence-corrected chi connectivity index (χ1v) is 9.58. The molecule has 146 valence electrons. The number of benzene rings is 1. The molecule has 0 bridgehead atoms. The summed E-state index contributed by atoms with van der Waals surface area (Å²) in [7, 11) is 1.70. The number of likely N-dealkylation sites (tertiary alicyclic amines) is 1. The first kappa shape index (κ1) is 20.5. The van der Waals surface area contributed by atoms with E-state index in [2.05, 4.69) is 29.3 Å². The van der Waals surface area contributed by atoms with E-state index in [1.807, 2.05) is 19.1 Å². The Hall–Kier alpha value is -1.79. The van der Waals surface area contributed by atoms with Crippen molar-refractivity contribution in [2.24, 2.45) is 10.9 Å². The van der Waals surface area contributed by atoms with Gasteiger partial charge in [0.1, 0.15) is 5.75 Å². The van der Waals surface area contributed by atoms with Gasteiger partial charge in [0.05, 0.1) is 33.0 Å². The standard InChI is InChI=1S/C20H33N3O3/c1-4-21-20(22-14-17-7-6-8-19(13-17)26-5-2)23-10-9-18(15-23)16-25-12-11-24-3/h6-8,13,18H,4-5,9-12,14-16H2,1-3H3,(H,21,22). The molecule has 1 aromatic rings. The van der Waals surface area contributed by atoms with Gasteiger partial charge in [-0.25, -0.2) is 4.99 Å². The Kier molecular flexibility index (Phi) is 9.28. The third-order valence-corrected chi connectivity index (χ3v) is 4.33. The van der Waals surface area contributed by atoms with E-state index in [-0.39, 0.29) is 0 Å². The van der Waals surface area contributed by atoms with Gasteiger partial charge in [-0.2, -0.15) is 0 Å². The Morgan fingerprint density at radius 1 is 1.31 bits per heavy atom. The zero-order valence-corrected chi connectivity index (χ0v) is 16.4. The van der Waals surface area contributed by atoms with Crippen molar-refractivity contribution in [3.05, 3.63) is 29.8 Å². The third kappa shape index (κ3) is 6.84. The van der Waals surface area contributed by atoms with Crippen LogP contribution >= 0.6 is 0 Å². The van der Waals surface area contributed by atoms with Crippen LogP contribution in [0.3, 0.4) is 0 Å². The van der Waals surface area contributed by atoms with Gasteiger partial charge in [-0.15, -0.1) is 0 Å². The smallest absolute Gasteiger partial charge is 0.194 e. The third-order valence-electron chi connectivity index (χ3n) is 4.33. The summed E-state index contributed by atoms with van der Waals surface area (Å²) >= 11 is 0. The maximum Gasteiger partial charge on any atom is 0.194 e. The van der Waals surface area contributed by atoms with Crippen molar-refractivity contribution in [2.45, 2.75) is 26.8 Å². The number of aliphatic imine (C=N–C) groups is 1. The summed E-state index contributed by atoms with van der Waals surface area (Å²) in [5.74, 6) is 2.44. The maximum absolute atomic E-state index is 5.69. The van der Waals surface area contributed by atoms with Crippen LogP contribution in [0.5, 0.6) is 5.75 Å². The molecule has 0 radical (unpaired) electrons. The summed E-state index contributed by atoms with van der Waals surface area (Å²) in [5, 5.41) is 3.42. The number of methoxy groups -OCH3 is 1. The topological polar surface area (TPSA) is 55.3 Å². The number of nitrogens with one attached hydrogen (secondary N) is 1. The molecule has 6 heteroatoms. The second-order valence-electron chi connectivity index (χ2n) is 6.42. The summed E-state index contributed by atoms with van der Waals surface area (Å²) in [4.78, 5) is 7.16. The molecule has 0 saturated carbocycles. The van der Waals surface area contributed by atoms with Gasteiger partial charge in [-0.1, -0.05) is 12.1 Å². The molecular formula is C20H33N3O3. The van der Waals surface area contributed by atoms with Crippen LogP contribution in [-0.4, -0.2) is 64.0 Å². The molecule has 1 fully saturated rings. The summed E-state index contributed by atoms with van der Waals surface area (Å²) in [5.41, 5.74) is 1.16. The van der Waals surface area contributed by atoms with Crippen LogP contribution in [0.2, 0.25) is 0 Å². The minimum Gasteiger partial charge on any atom is -0.494 e. The first-order chi connectivity index (χ1) is 12.8. The SMILES string of the molecule is CCNC(=NCc1cccc(OCC)c1)N1CCC(COCCOC)C1. The fourth-order valence-corrected chi connectivity index (χ4v) is 3.05. The average Bonchev–Trinajstić information content (AvgIpc) is 3.12. The van der Waals surface area contributed by atoms with Gasteiger partial charge >= 0.3 is 0 Å². The normalized spacial score (nSPS) is 17.6. The number of hydrogen-bond donors (Lipinski definition) is 1. The molecule has 1 saturated heterocycles. The molecule has 1 aromatic carbocycles. The molecule has 6 nitrogen and oxygen atoms in total. The van der Waals surface area contributed by atoms with Crippen molar-refractivity contribution < 1.29 is 14.2 Å². The van der Waals surface area contributed by atoms with E-state index in [0.29, 0.717) is 32.3 Å². The maximum atomic E-state index is 5.69. The van der Waals surface area contributed by atoms with Crippen LogP contribution < -0.4 is 10.1 Å². The monoisotopic (exact) mass is 363 g/mol. The summed E-state index contributed by atoms with van der Waals surface area (Å²) < 4.78 is 16.3. The molecule has 1 N–H and O–H groups in total. The van der Waals surface area contributed by atoms with Crippen molar-refractivity contribution >= 4 is 5.96 Å². The fourth-order valence-electron chi connectivity index (χ4n) is 3.05. The van der Waals surface area contributed by atoms with E-state index in [1.165, 1.54) is 0 Å². The Balaban J connectivity index is 1.89. The lowest BCUT2D eigenvalue weighted by molar-refractivity contribution is 0.0536. The molecule has 0 aromatic heterocycles. The van der Waals surface area contributed by atoms with Gasteiger partial charge < -0.3 is 24.4 Å². The van der Waals surface area contributed by atoms with Crippen molar-refractivity contribution in [1.29, 1.82) is 0 Å². The minimum atomic E-state index is 0.553. The highest BCUT2D eigenvalue weighted by Crippen LogP contribution is 2.18. The largest absolute Gasteiger partial charge is 0.494 e. The highest BCUT2D eigenvalue weighted by atomic mass is 16.5. The Morgan fingerprint density at radius 2 is 2.19 bits per heavy atom.